The van der Waals surface area contributed by atoms with E-state index in [0.29, 0.717) is 6.42 Å². The Labute approximate surface area is 194 Å². The van der Waals surface area contributed by atoms with Crippen molar-refractivity contribution >= 4 is 0 Å². The molecular weight excluding hydrogens is 428 g/mol. The Morgan fingerprint density at radius 3 is 2.21 bits per heavy atom. The third-order valence-electron chi connectivity index (χ3n) is 5.78. The Morgan fingerprint density at radius 2 is 1.70 bits per heavy atom. The van der Waals surface area contributed by atoms with Crippen molar-refractivity contribution in [3.8, 4) is 11.6 Å². The van der Waals surface area contributed by atoms with Crippen LogP contribution in [-0.4, -0.2) is 74.6 Å². The van der Waals surface area contributed by atoms with Crippen LogP contribution in [0.1, 0.15) is 57.4 Å². The Balaban J connectivity index is 2.03. The molecule has 2 heterocycles. The SMILES string of the molecule is COc1ccc(Cc2c(O[C@@H]3O[C@H](CO)[C@@H](O)[C@H](O)[C@H]3O)nn(C(C)(C)C)c2C(C)C)cc1. The fourth-order valence-electron chi connectivity index (χ4n) is 4.03. The quantitative estimate of drug-likeness (QED) is 0.486. The summed E-state index contributed by atoms with van der Waals surface area (Å²) in [5.41, 5.74) is 2.50. The summed E-state index contributed by atoms with van der Waals surface area (Å²) in [6.45, 7) is 9.75. The second-order valence-electron chi connectivity index (χ2n) is 9.75. The van der Waals surface area contributed by atoms with Gasteiger partial charge in [-0.2, -0.15) is 0 Å². The molecule has 1 aliphatic heterocycles. The average Bonchev–Trinajstić information content (AvgIpc) is 3.13. The zero-order chi connectivity index (χ0) is 24.5. The number of aliphatic hydroxyl groups is 4. The van der Waals surface area contributed by atoms with Gasteiger partial charge in [0.1, 0.15) is 30.2 Å². The van der Waals surface area contributed by atoms with Crippen molar-refractivity contribution < 1.29 is 34.6 Å². The minimum atomic E-state index is -1.53. The monoisotopic (exact) mass is 464 g/mol. The molecule has 184 valence electrons. The number of aliphatic hydroxyl groups excluding tert-OH is 4. The first-order chi connectivity index (χ1) is 15.5. The molecule has 1 aromatic heterocycles. The highest BCUT2D eigenvalue weighted by Gasteiger charge is 2.45. The number of hydrogen-bond donors (Lipinski definition) is 4. The van der Waals surface area contributed by atoms with Gasteiger partial charge in [-0.25, -0.2) is 0 Å². The van der Waals surface area contributed by atoms with Crippen LogP contribution < -0.4 is 9.47 Å². The van der Waals surface area contributed by atoms with Crippen LogP contribution in [-0.2, 0) is 16.7 Å². The van der Waals surface area contributed by atoms with Crippen LogP contribution in [0.2, 0.25) is 0 Å². The van der Waals surface area contributed by atoms with Gasteiger partial charge in [0.15, 0.2) is 0 Å². The first kappa shape index (κ1) is 25.5. The number of hydrogen-bond acceptors (Lipinski definition) is 8. The zero-order valence-corrected chi connectivity index (χ0v) is 20.1. The highest BCUT2D eigenvalue weighted by atomic mass is 16.7. The molecule has 1 fully saturated rings. The van der Waals surface area contributed by atoms with Gasteiger partial charge in [-0.15, -0.1) is 5.10 Å². The predicted octanol–water partition coefficient (Wildman–Crippen LogP) is 1.54. The summed E-state index contributed by atoms with van der Waals surface area (Å²) in [4.78, 5) is 0. The Morgan fingerprint density at radius 1 is 1.06 bits per heavy atom. The van der Waals surface area contributed by atoms with E-state index in [4.69, 9.17) is 19.3 Å². The van der Waals surface area contributed by atoms with Gasteiger partial charge in [0.25, 0.3) is 0 Å². The second kappa shape index (κ2) is 9.99. The van der Waals surface area contributed by atoms with Crippen molar-refractivity contribution in [3.05, 3.63) is 41.1 Å². The minimum absolute atomic E-state index is 0.122. The summed E-state index contributed by atoms with van der Waals surface area (Å²) in [6, 6.07) is 7.71. The first-order valence-corrected chi connectivity index (χ1v) is 11.2. The normalized spacial score (nSPS) is 26.0. The molecular formula is C24H36N2O7. The van der Waals surface area contributed by atoms with Crippen LogP contribution in [0.3, 0.4) is 0 Å². The topological polar surface area (TPSA) is 126 Å². The molecule has 0 unspecified atom stereocenters. The maximum atomic E-state index is 10.5. The Bertz CT molecular complexity index is 918. The summed E-state index contributed by atoms with van der Waals surface area (Å²) >= 11 is 0. The first-order valence-electron chi connectivity index (χ1n) is 11.2. The third kappa shape index (κ3) is 5.33. The summed E-state index contributed by atoms with van der Waals surface area (Å²) in [7, 11) is 1.62. The van der Waals surface area contributed by atoms with Crippen molar-refractivity contribution in [2.75, 3.05) is 13.7 Å². The van der Waals surface area contributed by atoms with Crippen molar-refractivity contribution in [1.82, 2.24) is 9.78 Å². The smallest absolute Gasteiger partial charge is 0.239 e. The second-order valence-corrected chi connectivity index (χ2v) is 9.75. The van der Waals surface area contributed by atoms with E-state index in [9.17, 15) is 20.4 Å². The molecule has 3 rings (SSSR count). The van der Waals surface area contributed by atoms with Gasteiger partial charge in [0.2, 0.25) is 12.2 Å². The lowest BCUT2D eigenvalue weighted by Gasteiger charge is -2.39. The van der Waals surface area contributed by atoms with Crippen molar-refractivity contribution in [2.45, 2.75) is 83.2 Å². The van der Waals surface area contributed by atoms with Crippen LogP contribution >= 0.6 is 0 Å². The molecule has 0 amide bonds. The predicted molar refractivity (Wildman–Crippen MR) is 122 cm³/mol. The van der Waals surface area contributed by atoms with E-state index >= 15 is 0 Å². The fraction of sp³-hybridized carbons (Fsp3) is 0.625. The highest BCUT2D eigenvalue weighted by Crippen LogP contribution is 2.35. The van der Waals surface area contributed by atoms with Gasteiger partial charge < -0.3 is 34.6 Å². The Hall–Kier alpha value is -2.17. The van der Waals surface area contributed by atoms with E-state index in [2.05, 4.69) is 13.8 Å². The molecule has 0 spiro atoms. The standard InChI is InChI=1S/C24H36N2O7/c1-13(2)18-16(11-14-7-9-15(31-6)10-8-14)22(25-26(18)24(3,4)5)33-23-21(30)20(29)19(28)17(12-27)32-23/h7-10,13,17,19-21,23,27-30H,11-12H2,1-6H3/t17-,19-,20+,21-,23+/m1/s1. The van der Waals surface area contributed by atoms with Crippen LogP contribution in [0.4, 0.5) is 0 Å². The molecule has 4 N–H and O–H groups in total. The molecule has 1 aliphatic rings. The molecule has 1 aromatic carbocycles. The Kier molecular flexibility index (Phi) is 7.70. The minimum Gasteiger partial charge on any atom is -0.497 e. The maximum Gasteiger partial charge on any atom is 0.239 e. The van der Waals surface area contributed by atoms with Crippen LogP contribution in [0.5, 0.6) is 11.6 Å². The number of ether oxygens (including phenoxy) is 3. The molecule has 1 saturated heterocycles. The molecule has 0 radical (unpaired) electrons. The molecule has 0 saturated carbocycles. The number of benzene rings is 1. The van der Waals surface area contributed by atoms with Gasteiger partial charge in [-0.1, -0.05) is 26.0 Å². The molecule has 9 heteroatoms. The maximum absolute atomic E-state index is 10.5. The van der Waals surface area contributed by atoms with Crippen LogP contribution in [0.25, 0.3) is 0 Å². The average molecular weight is 465 g/mol. The van der Waals surface area contributed by atoms with Crippen LogP contribution in [0.15, 0.2) is 24.3 Å². The molecule has 0 bridgehead atoms. The fourth-order valence-corrected chi connectivity index (χ4v) is 4.03. The van der Waals surface area contributed by atoms with E-state index < -0.39 is 37.3 Å². The number of aromatic nitrogens is 2. The van der Waals surface area contributed by atoms with Gasteiger partial charge in [0.05, 0.1) is 19.3 Å². The summed E-state index contributed by atoms with van der Waals surface area (Å²) in [5.74, 6) is 1.15. The van der Waals surface area contributed by atoms with Crippen LogP contribution in [0, 0.1) is 0 Å². The van der Waals surface area contributed by atoms with E-state index in [1.807, 2.05) is 49.7 Å². The lowest BCUT2D eigenvalue weighted by molar-refractivity contribution is -0.278. The van der Waals surface area contributed by atoms with Gasteiger partial charge in [-0.05, 0) is 44.4 Å². The lowest BCUT2D eigenvalue weighted by Crippen LogP contribution is -2.60. The van der Waals surface area contributed by atoms with E-state index in [-0.39, 0.29) is 17.3 Å². The number of nitrogens with zero attached hydrogens (tertiary/aromatic N) is 2. The number of rotatable bonds is 7. The van der Waals surface area contributed by atoms with Gasteiger partial charge >= 0.3 is 0 Å². The molecule has 9 nitrogen and oxygen atoms in total. The summed E-state index contributed by atoms with van der Waals surface area (Å²) in [6.07, 6.45) is -6.35. The van der Waals surface area contributed by atoms with E-state index in [1.54, 1.807) is 7.11 Å². The zero-order valence-electron chi connectivity index (χ0n) is 20.1. The van der Waals surface area contributed by atoms with Crippen molar-refractivity contribution in [1.29, 1.82) is 0 Å². The number of methoxy groups -OCH3 is 1. The molecule has 5 atom stereocenters. The molecule has 2 aromatic rings. The third-order valence-corrected chi connectivity index (χ3v) is 5.78. The van der Waals surface area contributed by atoms with Gasteiger partial charge in [0, 0.05) is 17.7 Å². The van der Waals surface area contributed by atoms with Crippen molar-refractivity contribution in [3.63, 3.8) is 0 Å². The van der Waals surface area contributed by atoms with E-state index in [1.165, 1.54) is 0 Å². The lowest BCUT2D eigenvalue weighted by atomic mass is 9.97. The highest BCUT2D eigenvalue weighted by molar-refractivity contribution is 5.40. The van der Waals surface area contributed by atoms with Crippen molar-refractivity contribution in [2.24, 2.45) is 0 Å². The molecule has 33 heavy (non-hydrogen) atoms. The van der Waals surface area contributed by atoms with Gasteiger partial charge in [-0.3, -0.25) is 4.68 Å². The summed E-state index contributed by atoms with van der Waals surface area (Å²) in [5, 5.41) is 45.0. The molecule has 0 aliphatic carbocycles. The summed E-state index contributed by atoms with van der Waals surface area (Å²) < 4.78 is 18.8. The van der Waals surface area contributed by atoms with E-state index in [0.717, 1.165) is 22.6 Å². The largest absolute Gasteiger partial charge is 0.497 e.